The molecule has 0 aliphatic heterocycles. The molecule has 29 heavy (non-hydrogen) atoms. The quantitative estimate of drug-likeness (QED) is 0.292. The Morgan fingerprint density at radius 1 is 1.10 bits per heavy atom. The van der Waals surface area contributed by atoms with Crippen molar-refractivity contribution in [2.45, 2.75) is 122 Å². The van der Waals surface area contributed by atoms with Crippen LogP contribution in [-0.4, -0.2) is 47.9 Å². The van der Waals surface area contributed by atoms with Crippen LogP contribution in [0.4, 0.5) is 0 Å². The molecule has 0 amide bonds. The van der Waals surface area contributed by atoms with Gasteiger partial charge in [-0.05, 0) is 55.7 Å². The highest BCUT2D eigenvalue weighted by Gasteiger charge is 2.44. The van der Waals surface area contributed by atoms with Crippen LogP contribution in [0.2, 0.25) is 18.1 Å². The lowest BCUT2D eigenvalue weighted by Gasteiger charge is -2.41. The number of hydrogen-bond acceptors (Lipinski definition) is 4. The largest absolute Gasteiger partial charge is 0.481 e. The van der Waals surface area contributed by atoms with Gasteiger partial charge in [-0.1, -0.05) is 53.9 Å². The van der Waals surface area contributed by atoms with Gasteiger partial charge in [-0.25, -0.2) is 0 Å². The molecule has 6 atom stereocenters. The predicted molar refractivity (Wildman–Crippen MR) is 120 cm³/mol. The third kappa shape index (κ3) is 7.96. The van der Waals surface area contributed by atoms with Crippen LogP contribution in [0, 0.1) is 17.8 Å². The maximum atomic E-state index is 11.2. The maximum absolute atomic E-state index is 11.2. The third-order valence-corrected chi connectivity index (χ3v) is 11.9. The molecule has 0 aromatic heterocycles. The summed E-state index contributed by atoms with van der Waals surface area (Å²) in [6, 6.07) is 0. The van der Waals surface area contributed by atoms with Gasteiger partial charge in [-0.15, -0.1) is 0 Å². The van der Waals surface area contributed by atoms with Crippen molar-refractivity contribution in [1.82, 2.24) is 0 Å². The van der Waals surface area contributed by atoms with Crippen molar-refractivity contribution in [3.63, 3.8) is 0 Å². The van der Waals surface area contributed by atoms with Crippen LogP contribution in [0.25, 0.3) is 0 Å². The Balaban J connectivity index is 2.88. The van der Waals surface area contributed by atoms with Crippen LogP contribution >= 0.6 is 0 Å². The predicted octanol–water partition coefficient (Wildman–Crippen LogP) is 5.21. The van der Waals surface area contributed by atoms with Crippen LogP contribution in [-0.2, 0) is 9.22 Å². The van der Waals surface area contributed by atoms with E-state index in [2.05, 4.69) is 47.7 Å². The molecule has 0 spiro atoms. The van der Waals surface area contributed by atoms with Crippen LogP contribution in [0.1, 0.15) is 86.0 Å². The summed E-state index contributed by atoms with van der Waals surface area (Å²) < 4.78 is 6.81. The zero-order valence-electron chi connectivity index (χ0n) is 19.8. The van der Waals surface area contributed by atoms with Gasteiger partial charge in [0.25, 0.3) is 0 Å². The molecular weight excluding hydrogens is 384 g/mol. The van der Waals surface area contributed by atoms with Gasteiger partial charge in [0, 0.05) is 12.0 Å². The Hall–Kier alpha value is -0.433. The van der Waals surface area contributed by atoms with E-state index in [9.17, 15) is 20.1 Å². The number of aliphatic hydroxyl groups excluding tert-OH is 2. The summed E-state index contributed by atoms with van der Waals surface area (Å²) in [6.07, 6.45) is 5.22. The fourth-order valence-electron chi connectivity index (χ4n) is 4.34. The first kappa shape index (κ1) is 26.6. The van der Waals surface area contributed by atoms with E-state index >= 15 is 0 Å². The number of hydrogen-bond donors (Lipinski definition) is 3. The molecule has 0 aromatic rings. The average molecular weight is 431 g/mol. The number of carbonyl (C=O) groups is 1. The first-order chi connectivity index (χ1) is 13.3. The number of aliphatic hydroxyl groups is 2. The monoisotopic (exact) mass is 430 g/mol. The molecule has 6 heteroatoms. The summed E-state index contributed by atoms with van der Waals surface area (Å²) >= 11 is 0. The van der Waals surface area contributed by atoms with Gasteiger partial charge in [-0.3, -0.25) is 4.79 Å². The van der Waals surface area contributed by atoms with E-state index in [1.807, 2.05) is 0 Å². The highest BCUT2D eigenvalue weighted by molar-refractivity contribution is 6.74. The lowest BCUT2D eigenvalue weighted by molar-refractivity contribution is -0.139. The fraction of sp³-hybridized carbons (Fsp3) is 0.957. The molecule has 1 unspecified atom stereocenters. The summed E-state index contributed by atoms with van der Waals surface area (Å²) in [5.41, 5.74) is 0. The number of carboxylic acid groups (broad SMARTS) is 1. The topological polar surface area (TPSA) is 87.0 Å². The standard InChI is InChI=1S/C23H46O5Si/c1-8-9-10-11-16(2)21(28-29(6,7)23(3,4)5)13-12-17-18(14-22(26)27)20(25)15-19(17)24/h16-21,24-25H,8-15H2,1-7H3,(H,26,27)/t16?,17-,18-,19-,20+,21+/m1/s1. The van der Waals surface area contributed by atoms with Crippen LogP contribution < -0.4 is 0 Å². The molecule has 172 valence electrons. The zero-order chi connectivity index (χ0) is 22.4. The molecule has 0 heterocycles. The summed E-state index contributed by atoms with van der Waals surface area (Å²) in [7, 11) is -1.93. The van der Waals surface area contributed by atoms with Crippen molar-refractivity contribution in [2.24, 2.45) is 17.8 Å². The SMILES string of the molecule is CCCCCC(C)[C@H](CC[C@@H]1[C@@H](CC(=O)O)[C@@H](O)C[C@H]1O)O[Si](C)(C)C(C)(C)C. The number of carboxylic acids is 1. The second kappa shape index (κ2) is 11.3. The Labute approximate surface area is 179 Å². The number of aliphatic carboxylic acids is 1. The van der Waals surface area contributed by atoms with Gasteiger partial charge in [0.1, 0.15) is 0 Å². The van der Waals surface area contributed by atoms with E-state index in [-0.39, 0.29) is 35.8 Å². The highest BCUT2D eigenvalue weighted by atomic mass is 28.4. The van der Waals surface area contributed by atoms with Crippen LogP contribution in [0.15, 0.2) is 0 Å². The minimum atomic E-state index is -1.93. The second-order valence-corrected chi connectivity index (χ2v) is 15.5. The molecular formula is C23H46O5Si. The summed E-state index contributed by atoms with van der Waals surface area (Å²) in [4.78, 5) is 11.2. The molecule has 1 rings (SSSR count). The van der Waals surface area contributed by atoms with Gasteiger partial charge >= 0.3 is 5.97 Å². The molecule has 0 bridgehead atoms. The lowest BCUT2D eigenvalue weighted by Crippen LogP contribution is -2.45. The molecule has 0 radical (unpaired) electrons. The smallest absolute Gasteiger partial charge is 0.303 e. The first-order valence-electron chi connectivity index (χ1n) is 11.6. The van der Waals surface area contributed by atoms with Gasteiger partial charge in [0.2, 0.25) is 0 Å². The third-order valence-electron chi connectivity index (χ3n) is 7.37. The summed E-state index contributed by atoms with van der Waals surface area (Å²) in [5, 5.41) is 30.0. The Kier molecular flexibility index (Phi) is 10.3. The van der Waals surface area contributed by atoms with Crippen molar-refractivity contribution in [3.8, 4) is 0 Å². The molecule has 3 N–H and O–H groups in total. The molecule has 0 saturated heterocycles. The number of rotatable bonds is 12. The molecule has 1 aliphatic rings. The normalized spacial score (nSPS) is 27.8. The zero-order valence-corrected chi connectivity index (χ0v) is 20.8. The van der Waals surface area contributed by atoms with Crippen molar-refractivity contribution < 1.29 is 24.5 Å². The van der Waals surface area contributed by atoms with E-state index in [1.165, 1.54) is 19.3 Å². The van der Waals surface area contributed by atoms with Gasteiger partial charge in [0.15, 0.2) is 8.32 Å². The van der Waals surface area contributed by atoms with E-state index in [4.69, 9.17) is 4.43 Å². The fourth-order valence-corrected chi connectivity index (χ4v) is 5.80. The molecule has 1 aliphatic carbocycles. The van der Waals surface area contributed by atoms with Crippen molar-refractivity contribution >= 4 is 14.3 Å². The van der Waals surface area contributed by atoms with Crippen molar-refractivity contribution in [3.05, 3.63) is 0 Å². The molecule has 0 aromatic carbocycles. The minimum Gasteiger partial charge on any atom is -0.481 e. The molecule has 1 fully saturated rings. The first-order valence-corrected chi connectivity index (χ1v) is 14.5. The van der Waals surface area contributed by atoms with Gasteiger partial charge in [0.05, 0.1) is 18.6 Å². The molecule has 1 saturated carbocycles. The van der Waals surface area contributed by atoms with E-state index in [0.717, 1.165) is 12.8 Å². The van der Waals surface area contributed by atoms with Crippen molar-refractivity contribution in [1.29, 1.82) is 0 Å². The summed E-state index contributed by atoms with van der Waals surface area (Å²) in [5.74, 6) is -1.02. The minimum absolute atomic E-state index is 0.0806. The van der Waals surface area contributed by atoms with E-state index in [1.54, 1.807) is 0 Å². The van der Waals surface area contributed by atoms with Crippen LogP contribution in [0.5, 0.6) is 0 Å². The van der Waals surface area contributed by atoms with Gasteiger partial charge < -0.3 is 19.7 Å². The second-order valence-electron chi connectivity index (χ2n) is 10.8. The van der Waals surface area contributed by atoms with Crippen molar-refractivity contribution in [2.75, 3.05) is 0 Å². The Morgan fingerprint density at radius 2 is 1.69 bits per heavy atom. The van der Waals surface area contributed by atoms with Crippen LogP contribution in [0.3, 0.4) is 0 Å². The van der Waals surface area contributed by atoms with Gasteiger partial charge in [-0.2, -0.15) is 0 Å². The number of unbranched alkanes of at least 4 members (excludes halogenated alkanes) is 2. The summed E-state index contributed by atoms with van der Waals surface area (Å²) in [6.45, 7) is 15.8. The average Bonchev–Trinajstić information content (AvgIpc) is 2.83. The Bertz CT molecular complexity index is 502. The Morgan fingerprint density at radius 3 is 2.21 bits per heavy atom. The maximum Gasteiger partial charge on any atom is 0.303 e. The van der Waals surface area contributed by atoms with E-state index in [0.29, 0.717) is 12.3 Å². The lowest BCUT2D eigenvalue weighted by atomic mass is 9.84. The van der Waals surface area contributed by atoms with E-state index < -0.39 is 26.5 Å². The molecule has 5 nitrogen and oxygen atoms in total. The highest BCUT2D eigenvalue weighted by Crippen LogP contribution is 2.42.